The fourth-order valence-electron chi connectivity index (χ4n) is 3.86. The smallest absolute Gasteiger partial charge is 0.198 e. The van der Waals surface area contributed by atoms with Crippen LogP contribution < -0.4 is 0 Å². The third-order valence-electron chi connectivity index (χ3n) is 4.67. The molecule has 0 aromatic rings. The normalized spacial score (nSPS) is 54.6. The predicted octanol–water partition coefficient (Wildman–Crippen LogP) is 0.696. The second kappa shape index (κ2) is 2.56. The number of ether oxygens (including phenoxy) is 4. The number of methoxy groups -OCH3 is 1. The van der Waals surface area contributed by atoms with E-state index in [0.717, 1.165) is 19.3 Å². The molecule has 4 atom stereocenters. The van der Waals surface area contributed by atoms with Crippen LogP contribution in [0.5, 0.6) is 0 Å². The first-order valence-corrected chi connectivity index (χ1v) is 5.80. The van der Waals surface area contributed by atoms with Crippen molar-refractivity contribution >= 4 is 0 Å². The highest BCUT2D eigenvalue weighted by molar-refractivity contribution is 5.21. The number of fused-ring (bicyclic) bond motifs is 4. The molecule has 2 saturated heterocycles. The lowest BCUT2D eigenvalue weighted by Crippen LogP contribution is -2.73. The van der Waals surface area contributed by atoms with E-state index in [4.69, 9.17) is 18.9 Å². The molecule has 2 saturated carbocycles. The summed E-state index contributed by atoms with van der Waals surface area (Å²) >= 11 is 0. The average molecular weight is 212 g/mol. The van der Waals surface area contributed by atoms with Gasteiger partial charge in [-0.25, -0.2) is 0 Å². The molecule has 4 nitrogen and oxygen atoms in total. The Hall–Kier alpha value is -0.160. The zero-order valence-electron chi connectivity index (χ0n) is 8.90. The lowest BCUT2D eigenvalue weighted by molar-refractivity contribution is -0.369. The van der Waals surface area contributed by atoms with Gasteiger partial charge in [-0.1, -0.05) is 0 Å². The van der Waals surface area contributed by atoms with E-state index < -0.39 is 5.79 Å². The summed E-state index contributed by atoms with van der Waals surface area (Å²) in [4.78, 5) is 0. The van der Waals surface area contributed by atoms with Gasteiger partial charge in [0, 0.05) is 19.4 Å². The lowest BCUT2D eigenvalue weighted by atomic mass is 9.57. The van der Waals surface area contributed by atoms with E-state index in [1.807, 2.05) is 0 Å². The van der Waals surface area contributed by atoms with Crippen molar-refractivity contribution in [3.63, 3.8) is 0 Å². The molecule has 0 amide bonds. The van der Waals surface area contributed by atoms with E-state index in [2.05, 4.69) is 0 Å². The highest BCUT2D eigenvalue weighted by Gasteiger charge is 2.77. The van der Waals surface area contributed by atoms with Crippen molar-refractivity contribution in [3.8, 4) is 0 Å². The first-order chi connectivity index (χ1) is 7.31. The van der Waals surface area contributed by atoms with Crippen molar-refractivity contribution < 1.29 is 18.9 Å². The number of hydrogen-bond acceptors (Lipinski definition) is 4. The van der Waals surface area contributed by atoms with Crippen molar-refractivity contribution in [2.24, 2.45) is 5.92 Å². The van der Waals surface area contributed by atoms with Crippen LogP contribution in [0.2, 0.25) is 0 Å². The summed E-state index contributed by atoms with van der Waals surface area (Å²) in [6.07, 6.45) is 3.95. The molecule has 2 heterocycles. The van der Waals surface area contributed by atoms with Crippen LogP contribution in [0, 0.1) is 5.92 Å². The molecular weight excluding hydrogens is 196 g/mol. The standard InChI is InChI=1S/C11H16O4/c1-12-10-3-2-8-9(15-8)7(10)6-11(10)13-4-5-14-11/h7-9H,2-6H2,1H3. The Balaban J connectivity index is 1.69. The van der Waals surface area contributed by atoms with Crippen LogP contribution in [0.1, 0.15) is 19.3 Å². The number of epoxide rings is 1. The van der Waals surface area contributed by atoms with Gasteiger partial charge in [0.1, 0.15) is 5.60 Å². The topological polar surface area (TPSA) is 40.2 Å². The van der Waals surface area contributed by atoms with Crippen molar-refractivity contribution in [2.75, 3.05) is 20.3 Å². The minimum Gasteiger partial charge on any atom is -0.372 e. The van der Waals surface area contributed by atoms with E-state index in [1.165, 1.54) is 0 Å². The van der Waals surface area contributed by atoms with E-state index in [9.17, 15) is 0 Å². The van der Waals surface area contributed by atoms with Gasteiger partial charge in [0.2, 0.25) is 0 Å². The summed E-state index contributed by atoms with van der Waals surface area (Å²) in [5.74, 6) is 0.0444. The molecule has 15 heavy (non-hydrogen) atoms. The number of rotatable bonds is 1. The predicted molar refractivity (Wildman–Crippen MR) is 50.4 cm³/mol. The van der Waals surface area contributed by atoms with Crippen LogP contribution in [-0.4, -0.2) is 43.9 Å². The summed E-state index contributed by atoms with van der Waals surface area (Å²) in [5, 5.41) is 0. The molecule has 84 valence electrons. The van der Waals surface area contributed by atoms with Crippen LogP contribution in [0.25, 0.3) is 0 Å². The molecule has 4 fully saturated rings. The van der Waals surface area contributed by atoms with Crippen LogP contribution in [0.3, 0.4) is 0 Å². The Morgan fingerprint density at radius 1 is 1.27 bits per heavy atom. The fraction of sp³-hybridized carbons (Fsp3) is 1.00. The third-order valence-corrected chi connectivity index (χ3v) is 4.67. The monoisotopic (exact) mass is 212 g/mol. The first kappa shape index (κ1) is 8.93. The summed E-state index contributed by atoms with van der Waals surface area (Å²) < 4.78 is 23.0. The molecule has 4 aliphatic rings. The molecular formula is C11H16O4. The van der Waals surface area contributed by atoms with E-state index in [1.54, 1.807) is 7.11 Å². The van der Waals surface area contributed by atoms with Gasteiger partial charge in [0.15, 0.2) is 5.79 Å². The first-order valence-electron chi connectivity index (χ1n) is 5.80. The zero-order valence-corrected chi connectivity index (χ0v) is 8.90. The second-order valence-corrected chi connectivity index (χ2v) is 5.03. The van der Waals surface area contributed by atoms with Crippen molar-refractivity contribution in [3.05, 3.63) is 0 Å². The van der Waals surface area contributed by atoms with Gasteiger partial charge in [0.25, 0.3) is 0 Å². The third kappa shape index (κ3) is 0.848. The van der Waals surface area contributed by atoms with E-state index >= 15 is 0 Å². The van der Waals surface area contributed by atoms with Gasteiger partial charge in [-0.3, -0.25) is 0 Å². The Morgan fingerprint density at radius 2 is 2.07 bits per heavy atom. The van der Waals surface area contributed by atoms with E-state index in [-0.39, 0.29) is 5.60 Å². The van der Waals surface area contributed by atoms with Crippen LogP contribution in [0.4, 0.5) is 0 Å². The Morgan fingerprint density at radius 3 is 2.80 bits per heavy atom. The summed E-state index contributed by atoms with van der Waals surface area (Å²) in [5.41, 5.74) is -0.221. The molecule has 2 aliphatic heterocycles. The van der Waals surface area contributed by atoms with Crippen molar-refractivity contribution in [1.29, 1.82) is 0 Å². The van der Waals surface area contributed by atoms with Gasteiger partial charge in [-0.2, -0.15) is 0 Å². The van der Waals surface area contributed by atoms with Crippen LogP contribution in [-0.2, 0) is 18.9 Å². The molecule has 0 bridgehead atoms. The Kier molecular flexibility index (Phi) is 1.53. The molecule has 4 rings (SSSR count). The minimum absolute atomic E-state index is 0.221. The summed E-state index contributed by atoms with van der Waals surface area (Å²) in [6.45, 7) is 1.40. The molecule has 4 unspecified atom stereocenters. The molecule has 1 spiro atoms. The Bertz CT molecular complexity index is 299. The Labute approximate surface area is 88.8 Å². The van der Waals surface area contributed by atoms with Gasteiger partial charge < -0.3 is 18.9 Å². The van der Waals surface area contributed by atoms with Gasteiger partial charge in [-0.05, 0) is 12.8 Å². The maximum Gasteiger partial charge on any atom is 0.198 e. The highest BCUT2D eigenvalue weighted by Crippen LogP contribution is 2.64. The van der Waals surface area contributed by atoms with Crippen LogP contribution >= 0.6 is 0 Å². The maximum absolute atomic E-state index is 5.80. The van der Waals surface area contributed by atoms with Crippen LogP contribution in [0.15, 0.2) is 0 Å². The molecule has 2 aliphatic carbocycles. The molecule has 0 N–H and O–H groups in total. The van der Waals surface area contributed by atoms with Gasteiger partial charge >= 0.3 is 0 Å². The largest absolute Gasteiger partial charge is 0.372 e. The quantitative estimate of drug-likeness (QED) is 0.600. The zero-order chi connectivity index (χ0) is 10.1. The maximum atomic E-state index is 5.80. The molecule has 0 aromatic carbocycles. The molecule has 4 heteroatoms. The van der Waals surface area contributed by atoms with Crippen molar-refractivity contribution in [1.82, 2.24) is 0 Å². The SMILES string of the molecule is COC12CCC3OC3C1CC21OCCO1. The summed E-state index contributed by atoms with van der Waals surface area (Å²) in [6, 6.07) is 0. The second-order valence-electron chi connectivity index (χ2n) is 5.03. The van der Waals surface area contributed by atoms with Crippen molar-refractivity contribution in [2.45, 2.75) is 42.9 Å². The number of hydrogen-bond donors (Lipinski definition) is 0. The summed E-state index contributed by atoms with van der Waals surface area (Å²) in [7, 11) is 1.78. The molecule has 0 aromatic heterocycles. The van der Waals surface area contributed by atoms with E-state index in [0.29, 0.717) is 31.3 Å². The fourth-order valence-corrected chi connectivity index (χ4v) is 3.86. The lowest BCUT2D eigenvalue weighted by Gasteiger charge is -2.60. The minimum atomic E-state index is -0.441. The highest BCUT2D eigenvalue weighted by atomic mass is 16.8. The van der Waals surface area contributed by atoms with Gasteiger partial charge in [-0.15, -0.1) is 0 Å². The molecule has 0 radical (unpaired) electrons. The average Bonchev–Trinajstić information content (AvgIpc) is 2.84. The van der Waals surface area contributed by atoms with Gasteiger partial charge in [0.05, 0.1) is 25.4 Å².